The molecule has 0 unspecified atom stereocenters. The van der Waals surface area contributed by atoms with Crippen molar-refractivity contribution in [2.24, 2.45) is 4.99 Å². The van der Waals surface area contributed by atoms with Crippen LogP contribution in [0.4, 0.5) is 5.69 Å². The van der Waals surface area contributed by atoms with Gasteiger partial charge in [-0.25, -0.2) is 9.79 Å². The Morgan fingerprint density at radius 1 is 1.34 bits per heavy atom. The first kappa shape index (κ1) is 20.8. The number of amidine groups is 1. The molecule has 1 aliphatic heterocycles. The van der Waals surface area contributed by atoms with Gasteiger partial charge in [0.2, 0.25) is 0 Å². The highest BCUT2D eigenvalue weighted by Crippen LogP contribution is 2.39. The normalized spacial score (nSPS) is 16.7. The van der Waals surface area contributed by atoms with Crippen LogP contribution in [-0.4, -0.2) is 46.3 Å². The minimum atomic E-state index is -1.04. The predicted molar refractivity (Wildman–Crippen MR) is 113 cm³/mol. The van der Waals surface area contributed by atoms with Crippen LogP contribution in [0, 0.1) is 6.92 Å². The number of carboxylic acids is 1. The van der Waals surface area contributed by atoms with E-state index in [1.807, 2.05) is 0 Å². The Labute approximate surface area is 176 Å². The van der Waals surface area contributed by atoms with Gasteiger partial charge in [0.25, 0.3) is 5.91 Å². The molecular formula is C20H17ClN2O5S. The zero-order chi connectivity index (χ0) is 21.3. The molecule has 2 N–H and O–H groups in total. The van der Waals surface area contributed by atoms with Crippen molar-refractivity contribution in [1.29, 1.82) is 0 Å². The predicted octanol–water partition coefficient (Wildman–Crippen LogP) is 4.29. The first-order chi connectivity index (χ1) is 13.7. The third-order valence-corrected chi connectivity index (χ3v) is 5.61. The van der Waals surface area contributed by atoms with E-state index in [1.165, 1.54) is 36.3 Å². The van der Waals surface area contributed by atoms with Gasteiger partial charge in [-0.1, -0.05) is 17.7 Å². The maximum atomic E-state index is 12.6. The number of nitrogens with zero attached hydrogens (tertiary/aromatic N) is 2. The number of thioether (sulfide) groups is 1. The van der Waals surface area contributed by atoms with E-state index in [9.17, 15) is 19.8 Å². The highest BCUT2D eigenvalue weighted by Gasteiger charge is 2.31. The Morgan fingerprint density at radius 2 is 2.07 bits per heavy atom. The molecule has 2 aromatic carbocycles. The molecule has 29 heavy (non-hydrogen) atoms. The van der Waals surface area contributed by atoms with Crippen molar-refractivity contribution in [3.63, 3.8) is 0 Å². The fourth-order valence-corrected chi connectivity index (χ4v) is 3.92. The summed E-state index contributed by atoms with van der Waals surface area (Å²) in [5.41, 5.74) is 1.45. The van der Waals surface area contributed by atoms with Crippen molar-refractivity contribution >= 4 is 52.2 Å². The molecule has 2 aromatic rings. The highest BCUT2D eigenvalue weighted by atomic mass is 35.5. The van der Waals surface area contributed by atoms with Crippen LogP contribution in [0.15, 0.2) is 40.2 Å². The van der Waals surface area contributed by atoms with Crippen molar-refractivity contribution in [2.75, 3.05) is 14.2 Å². The summed E-state index contributed by atoms with van der Waals surface area (Å²) in [5.74, 6) is -1.28. The second-order valence-corrected chi connectivity index (χ2v) is 7.62. The van der Waals surface area contributed by atoms with Gasteiger partial charge in [-0.15, -0.1) is 0 Å². The molecule has 1 heterocycles. The zero-order valence-corrected chi connectivity index (χ0v) is 17.3. The summed E-state index contributed by atoms with van der Waals surface area (Å²) < 4.78 is 5.09. The number of carboxylic acid groups (broad SMARTS) is 1. The number of carbonyl (C=O) groups excluding carboxylic acids is 1. The number of phenolic OH excluding ortho intramolecular Hbond substituents is 1. The molecule has 3 rings (SSSR count). The number of hydrogen-bond acceptors (Lipinski definition) is 6. The van der Waals surface area contributed by atoms with Crippen LogP contribution in [0.3, 0.4) is 0 Å². The lowest BCUT2D eigenvalue weighted by atomic mass is 10.1. The SMILES string of the molecule is COc1cc(Cl)cc(/C=C2\SC(=Nc3cccc(C(=O)O)c3C)N(C)C2=O)c1O. The van der Waals surface area contributed by atoms with Crippen LogP contribution in [0.2, 0.25) is 5.02 Å². The van der Waals surface area contributed by atoms with E-state index in [0.717, 1.165) is 11.8 Å². The number of benzene rings is 2. The van der Waals surface area contributed by atoms with Crippen molar-refractivity contribution < 1.29 is 24.5 Å². The van der Waals surface area contributed by atoms with Crippen molar-refractivity contribution in [2.45, 2.75) is 6.92 Å². The first-order valence-electron chi connectivity index (χ1n) is 8.38. The van der Waals surface area contributed by atoms with Crippen LogP contribution >= 0.6 is 23.4 Å². The Morgan fingerprint density at radius 3 is 2.72 bits per heavy atom. The number of carbonyl (C=O) groups is 2. The monoisotopic (exact) mass is 432 g/mol. The van der Waals surface area contributed by atoms with E-state index >= 15 is 0 Å². The molecule has 1 amide bonds. The van der Waals surface area contributed by atoms with Crippen LogP contribution < -0.4 is 4.74 Å². The maximum absolute atomic E-state index is 12.6. The Kier molecular flexibility index (Phi) is 5.86. The van der Waals surface area contributed by atoms with Crippen LogP contribution in [0.1, 0.15) is 21.5 Å². The standard InChI is InChI=1S/C20H17ClN2O5S/c1-10-13(19(26)27)5-4-6-14(10)22-20-23(2)18(25)16(29-20)8-11-7-12(21)9-15(28-3)17(11)24/h4-9,24H,1-3H3,(H,26,27)/b16-8-,22-20?. The smallest absolute Gasteiger partial charge is 0.336 e. The average Bonchev–Trinajstić information content (AvgIpc) is 2.93. The number of amides is 1. The number of phenols is 1. The molecule has 0 saturated carbocycles. The summed E-state index contributed by atoms with van der Waals surface area (Å²) >= 11 is 7.16. The Balaban J connectivity index is 2.00. The molecule has 0 bridgehead atoms. The zero-order valence-electron chi connectivity index (χ0n) is 15.8. The number of halogens is 1. The number of aromatic carboxylic acids is 1. The van der Waals surface area contributed by atoms with E-state index in [-0.39, 0.29) is 23.0 Å². The second kappa shape index (κ2) is 8.18. The molecule has 0 aliphatic carbocycles. The third-order valence-electron chi connectivity index (χ3n) is 4.33. The van der Waals surface area contributed by atoms with Crippen LogP contribution in [0.5, 0.6) is 11.5 Å². The summed E-state index contributed by atoms with van der Waals surface area (Å²) in [4.78, 5) is 30.1. The molecule has 0 spiro atoms. The first-order valence-corrected chi connectivity index (χ1v) is 9.58. The fourth-order valence-electron chi connectivity index (χ4n) is 2.73. The number of aromatic hydroxyl groups is 1. The lowest BCUT2D eigenvalue weighted by Crippen LogP contribution is -2.23. The molecular weight excluding hydrogens is 416 g/mol. The molecule has 0 atom stereocenters. The largest absolute Gasteiger partial charge is 0.504 e. The number of aliphatic imine (C=N–C) groups is 1. The average molecular weight is 433 g/mol. The maximum Gasteiger partial charge on any atom is 0.336 e. The van der Waals surface area contributed by atoms with Gasteiger partial charge in [-0.2, -0.15) is 0 Å². The Bertz CT molecular complexity index is 1080. The van der Waals surface area contributed by atoms with E-state index < -0.39 is 5.97 Å². The minimum Gasteiger partial charge on any atom is -0.504 e. The Hall–Kier alpha value is -2.97. The van der Waals surface area contributed by atoms with E-state index in [4.69, 9.17) is 16.3 Å². The van der Waals surface area contributed by atoms with Gasteiger partial charge in [0.1, 0.15) is 0 Å². The summed E-state index contributed by atoms with van der Waals surface area (Å²) in [6, 6.07) is 7.78. The number of rotatable bonds is 4. The van der Waals surface area contributed by atoms with Crippen molar-refractivity contribution in [3.05, 3.63) is 56.9 Å². The van der Waals surface area contributed by atoms with E-state index in [1.54, 1.807) is 26.1 Å². The summed E-state index contributed by atoms with van der Waals surface area (Å²) in [7, 11) is 2.98. The molecule has 0 aromatic heterocycles. The molecule has 0 radical (unpaired) electrons. The highest BCUT2D eigenvalue weighted by molar-refractivity contribution is 8.18. The lowest BCUT2D eigenvalue weighted by molar-refractivity contribution is -0.121. The molecule has 150 valence electrons. The van der Waals surface area contributed by atoms with Gasteiger partial charge in [0, 0.05) is 23.7 Å². The fraction of sp³-hybridized carbons (Fsp3) is 0.150. The third kappa shape index (κ3) is 4.08. The van der Waals surface area contributed by atoms with Gasteiger partial charge in [-0.3, -0.25) is 9.69 Å². The van der Waals surface area contributed by atoms with Gasteiger partial charge in [-0.05, 0) is 48.5 Å². The lowest BCUT2D eigenvalue weighted by Gasteiger charge is -2.09. The minimum absolute atomic E-state index is 0.129. The van der Waals surface area contributed by atoms with Crippen molar-refractivity contribution in [3.8, 4) is 11.5 Å². The molecule has 9 heteroatoms. The summed E-state index contributed by atoms with van der Waals surface area (Å²) in [6.07, 6.45) is 1.51. The number of ether oxygens (including phenoxy) is 1. The van der Waals surface area contributed by atoms with Gasteiger partial charge >= 0.3 is 5.97 Å². The number of likely N-dealkylation sites (N-methyl/N-ethyl adjacent to an activating group) is 1. The topological polar surface area (TPSA) is 99.4 Å². The quantitative estimate of drug-likeness (QED) is 0.699. The molecule has 7 nitrogen and oxygen atoms in total. The van der Waals surface area contributed by atoms with Crippen LogP contribution in [-0.2, 0) is 4.79 Å². The van der Waals surface area contributed by atoms with Gasteiger partial charge in [0.05, 0.1) is 23.3 Å². The second-order valence-electron chi connectivity index (χ2n) is 6.17. The van der Waals surface area contributed by atoms with E-state index in [2.05, 4.69) is 4.99 Å². The molecule has 1 saturated heterocycles. The van der Waals surface area contributed by atoms with Gasteiger partial charge < -0.3 is 14.9 Å². The summed E-state index contributed by atoms with van der Waals surface area (Å²) in [5, 5.41) is 20.3. The number of hydrogen-bond donors (Lipinski definition) is 2. The van der Waals surface area contributed by atoms with E-state index in [0.29, 0.717) is 31.9 Å². The van der Waals surface area contributed by atoms with Gasteiger partial charge in [0.15, 0.2) is 16.7 Å². The number of methoxy groups -OCH3 is 1. The van der Waals surface area contributed by atoms with Crippen molar-refractivity contribution in [1.82, 2.24) is 4.90 Å². The molecule has 1 fully saturated rings. The summed E-state index contributed by atoms with van der Waals surface area (Å²) in [6.45, 7) is 1.66. The molecule has 1 aliphatic rings. The van der Waals surface area contributed by atoms with Crippen LogP contribution in [0.25, 0.3) is 6.08 Å².